The highest BCUT2D eigenvalue weighted by molar-refractivity contribution is 7.47. The minimum Gasteiger partial charge on any atom is -0.462 e. The summed E-state index contributed by atoms with van der Waals surface area (Å²) >= 11 is 0. The Balaban J connectivity index is 5.10. The van der Waals surface area contributed by atoms with Gasteiger partial charge in [-0.15, -0.1) is 0 Å². The molecule has 0 amide bonds. The van der Waals surface area contributed by atoms with Crippen molar-refractivity contribution in [2.24, 2.45) is 5.92 Å². The Bertz CT molecular complexity index is 1720. The highest BCUT2D eigenvalue weighted by Crippen LogP contribution is 2.45. The monoisotopic (exact) mass is 1310 g/mol. The van der Waals surface area contributed by atoms with Crippen LogP contribution in [0.2, 0.25) is 0 Å². The van der Waals surface area contributed by atoms with Crippen molar-refractivity contribution in [2.75, 3.05) is 39.6 Å². The van der Waals surface area contributed by atoms with Crippen molar-refractivity contribution >= 4 is 39.5 Å². The Morgan fingerprint density at radius 1 is 0.315 bits per heavy atom. The summed E-state index contributed by atoms with van der Waals surface area (Å²) in [6, 6.07) is 0. The zero-order chi connectivity index (χ0) is 65.6. The van der Waals surface area contributed by atoms with E-state index >= 15 is 0 Å². The van der Waals surface area contributed by atoms with Gasteiger partial charge in [0, 0.05) is 25.7 Å². The summed E-state index contributed by atoms with van der Waals surface area (Å²) in [7, 11) is -9.89. The number of carbonyl (C=O) groups excluding carboxylic acids is 4. The van der Waals surface area contributed by atoms with E-state index in [1.54, 1.807) is 0 Å². The van der Waals surface area contributed by atoms with Gasteiger partial charge in [-0.25, -0.2) is 9.13 Å². The van der Waals surface area contributed by atoms with E-state index in [2.05, 4.69) is 34.6 Å². The summed E-state index contributed by atoms with van der Waals surface area (Å²) in [5.74, 6) is -1.36. The highest BCUT2D eigenvalue weighted by Gasteiger charge is 2.30. The SMILES string of the molecule is CCCCCCCCCCCCCCCCCCCCCCCCC(=O)O[C@H](COC(=O)CCCCCCCCCCC(C)CC)COP(=O)(O)OC[C@@H](O)COP(=O)(O)OC[C@@H](COC(=O)CCCCCCCCC)OC(=O)CCCCCCCCCC. The fraction of sp³-hybridized carbons (Fsp3) is 0.943. The third kappa shape index (κ3) is 63.2. The predicted molar refractivity (Wildman–Crippen MR) is 358 cm³/mol. The van der Waals surface area contributed by atoms with Gasteiger partial charge in [-0.2, -0.15) is 0 Å². The van der Waals surface area contributed by atoms with Gasteiger partial charge in [0.05, 0.1) is 26.4 Å². The van der Waals surface area contributed by atoms with Gasteiger partial charge >= 0.3 is 39.5 Å². The molecule has 0 spiro atoms. The summed E-state index contributed by atoms with van der Waals surface area (Å²) in [5, 5.41) is 10.5. The molecule has 0 aromatic rings. The summed E-state index contributed by atoms with van der Waals surface area (Å²) in [6.45, 7) is 7.17. The van der Waals surface area contributed by atoms with Gasteiger partial charge in [0.2, 0.25) is 0 Å². The normalized spacial score (nSPS) is 14.4. The van der Waals surface area contributed by atoms with Crippen LogP contribution in [0.15, 0.2) is 0 Å². The van der Waals surface area contributed by atoms with E-state index in [4.69, 9.17) is 37.0 Å². The first-order chi connectivity index (χ1) is 43.1. The predicted octanol–water partition coefficient (Wildman–Crippen LogP) is 20.1. The quantitative estimate of drug-likeness (QED) is 0.0222. The Hall–Kier alpha value is -1.94. The van der Waals surface area contributed by atoms with Gasteiger partial charge in [0.15, 0.2) is 12.2 Å². The summed E-state index contributed by atoms with van der Waals surface area (Å²) in [5.41, 5.74) is 0. The van der Waals surface area contributed by atoms with Gasteiger partial charge in [0.1, 0.15) is 19.3 Å². The van der Waals surface area contributed by atoms with Crippen molar-refractivity contribution in [3.05, 3.63) is 0 Å². The number of ether oxygens (including phenoxy) is 4. The molecule has 0 fully saturated rings. The third-order valence-corrected chi connectivity index (χ3v) is 18.5. The lowest BCUT2D eigenvalue weighted by molar-refractivity contribution is -0.161. The minimum absolute atomic E-state index is 0.105. The number of esters is 4. The number of carbonyl (C=O) groups is 4. The molecular weight excluding hydrogens is 1170 g/mol. The molecule has 0 aliphatic carbocycles. The first-order valence-electron chi connectivity index (χ1n) is 36.7. The van der Waals surface area contributed by atoms with Gasteiger partial charge in [0.25, 0.3) is 0 Å². The van der Waals surface area contributed by atoms with Crippen LogP contribution in [0, 0.1) is 5.92 Å². The van der Waals surface area contributed by atoms with Crippen molar-refractivity contribution in [3.63, 3.8) is 0 Å². The number of hydrogen-bond donors (Lipinski definition) is 3. The molecule has 89 heavy (non-hydrogen) atoms. The van der Waals surface area contributed by atoms with E-state index < -0.39 is 97.5 Å². The lowest BCUT2D eigenvalue weighted by Crippen LogP contribution is -2.30. The molecule has 0 aliphatic rings. The van der Waals surface area contributed by atoms with Gasteiger partial charge in [-0.3, -0.25) is 37.3 Å². The maximum absolute atomic E-state index is 13.0. The molecule has 0 heterocycles. The van der Waals surface area contributed by atoms with Crippen molar-refractivity contribution in [2.45, 2.75) is 380 Å². The van der Waals surface area contributed by atoms with Crippen molar-refractivity contribution in [3.8, 4) is 0 Å². The molecule has 0 bridgehead atoms. The second-order valence-electron chi connectivity index (χ2n) is 25.5. The lowest BCUT2D eigenvalue weighted by Gasteiger charge is -2.21. The zero-order valence-electron chi connectivity index (χ0n) is 57.6. The van der Waals surface area contributed by atoms with Crippen LogP contribution in [-0.4, -0.2) is 96.7 Å². The van der Waals surface area contributed by atoms with Gasteiger partial charge in [-0.05, 0) is 31.6 Å². The number of phosphoric ester groups is 2. The number of aliphatic hydroxyl groups excluding tert-OH is 1. The summed E-state index contributed by atoms with van der Waals surface area (Å²) in [6.07, 6.45) is 50.4. The Morgan fingerprint density at radius 2 is 0.539 bits per heavy atom. The maximum Gasteiger partial charge on any atom is 0.472 e. The van der Waals surface area contributed by atoms with Crippen LogP contribution >= 0.6 is 15.6 Å². The molecule has 6 atom stereocenters. The van der Waals surface area contributed by atoms with Crippen LogP contribution in [0.1, 0.15) is 362 Å². The topological polar surface area (TPSA) is 237 Å². The first-order valence-corrected chi connectivity index (χ1v) is 39.7. The molecule has 528 valence electrons. The largest absolute Gasteiger partial charge is 0.472 e. The van der Waals surface area contributed by atoms with E-state index in [0.717, 1.165) is 115 Å². The Labute approximate surface area is 543 Å². The van der Waals surface area contributed by atoms with Crippen LogP contribution in [0.25, 0.3) is 0 Å². The van der Waals surface area contributed by atoms with E-state index in [-0.39, 0.29) is 25.7 Å². The van der Waals surface area contributed by atoms with Crippen molar-refractivity contribution in [1.29, 1.82) is 0 Å². The zero-order valence-corrected chi connectivity index (χ0v) is 59.4. The number of rotatable bonds is 70. The van der Waals surface area contributed by atoms with Crippen LogP contribution in [0.3, 0.4) is 0 Å². The van der Waals surface area contributed by atoms with Gasteiger partial charge < -0.3 is 33.8 Å². The van der Waals surface area contributed by atoms with Crippen LogP contribution in [-0.2, 0) is 65.4 Å². The summed E-state index contributed by atoms with van der Waals surface area (Å²) < 4.78 is 68.0. The molecule has 17 nitrogen and oxygen atoms in total. The molecule has 3 N–H and O–H groups in total. The van der Waals surface area contributed by atoms with E-state index in [1.807, 2.05) is 0 Å². The second-order valence-corrected chi connectivity index (χ2v) is 28.4. The molecule has 0 aromatic carbocycles. The standard InChI is InChI=1S/C70H136O17P2/c1-6-10-13-16-19-21-22-23-24-25-26-27-28-29-30-31-32-33-34-41-46-51-56-70(75)87-66(60-81-68(73)54-49-44-40-36-35-38-42-47-52-63(5)9-4)62-85-89(78,79)83-58-64(71)57-82-88(76,77)84-61-65(59-80-67(72)53-48-43-37-18-15-12-8-3)86-69(74)55-50-45-39-20-17-14-11-7-2/h63-66,71H,6-62H2,1-5H3,(H,76,77)(H,78,79)/t63?,64-,65+,66+/m0/s1. The van der Waals surface area contributed by atoms with Crippen LogP contribution in [0.5, 0.6) is 0 Å². The number of unbranched alkanes of at least 4 members (excludes halogenated alkanes) is 41. The molecule has 3 unspecified atom stereocenters. The smallest absolute Gasteiger partial charge is 0.462 e. The third-order valence-electron chi connectivity index (χ3n) is 16.6. The molecule has 0 aromatic heterocycles. The van der Waals surface area contributed by atoms with Crippen LogP contribution < -0.4 is 0 Å². The van der Waals surface area contributed by atoms with E-state index in [0.29, 0.717) is 25.7 Å². The Kier molecular flexibility index (Phi) is 62.1. The molecule has 0 rings (SSSR count). The average molecular weight is 1310 g/mol. The first kappa shape index (κ1) is 87.1. The van der Waals surface area contributed by atoms with E-state index in [9.17, 15) is 43.2 Å². The number of aliphatic hydroxyl groups is 1. The molecule has 19 heteroatoms. The van der Waals surface area contributed by atoms with Crippen LogP contribution in [0.4, 0.5) is 0 Å². The van der Waals surface area contributed by atoms with Crippen molar-refractivity contribution < 1.29 is 80.2 Å². The van der Waals surface area contributed by atoms with E-state index in [1.165, 1.54) is 167 Å². The van der Waals surface area contributed by atoms with Crippen molar-refractivity contribution in [1.82, 2.24) is 0 Å². The fourth-order valence-corrected chi connectivity index (χ4v) is 12.2. The number of hydrogen-bond acceptors (Lipinski definition) is 15. The molecule has 0 radical (unpaired) electrons. The molecular formula is C70H136O17P2. The second kappa shape index (κ2) is 63.5. The highest BCUT2D eigenvalue weighted by atomic mass is 31.2. The number of phosphoric acid groups is 2. The lowest BCUT2D eigenvalue weighted by atomic mass is 9.99. The average Bonchev–Trinajstić information content (AvgIpc) is 3.69. The maximum atomic E-state index is 13.0. The minimum atomic E-state index is -4.95. The molecule has 0 saturated heterocycles. The fourth-order valence-electron chi connectivity index (χ4n) is 10.6. The summed E-state index contributed by atoms with van der Waals surface area (Å²) in [4.78, 5) is 72.2. The Morgan fingerprint density at radius 3 is 0.798 bits per heavy atom. The molecule has 0 saturated carbocycles. The molecule has 0 aliphatic heterocycles. The van der Waals surface area contributed by atoms with Gasteiger partial charge in [-0.1, -0.05) is 311 Å².